The first-order chi connectivity index (χ1) is 8.56. The molecule has 2 amide bonds. The number of hydrogen-bond acceptors (Lipinski definition) is 2. The lowest BCUT2D eigenvalue weighted by molar-refractivity contribution is 0.114. The molecular weight excluding hydrogens is 228 g/mol. The Morgan fingerprint density at radius 1 is 1.22 bits per heavy atom. The van der Waals surface area contributed by atoms with Crippen LogP contribution in [0.25, 0.3) is 0 Å². The van der Waals surface area contributed by atoms with Crippen molar-refractivity contribution in [2.75, 3.05) is 6.54 Å². The highest BCUT2D eigenvalue weighted by molar-refractivity contribution is 5.75. The highest BCUT2D eigenvalue weighted by Gasteiger charge is 2.34. The molecule has 4 heteroatoms. The molecule has 2 N–H and O–H groups in total. The first kappa shape index (κ1) is 13.7. The molecule has 2 saturated carbocycles. The molecule has 0 aromatic heterocycles. The van der Waals surface area contributed by atoms with Crippen molar-refractivity contribution in [3.05, 3.63) is 0 Å². The van der Waals surface area contributed by atoms with Crippen LogP contribution in [0.2, 0.25) is 0 Å². The van der Waals surface area contributed by atoms with Crippen LogP contribution >= 0.6 is 0 Å². The zero-order valence-electron chi connectivity index (χ0n) is 11.6. The van der Waals surface area contributed by atoms with E-state index < -0.39 is 0 Å². The molecule has 0 atom stereocenters. The van der Waals surface area contributed by atoms with Crippen LogP contribution in [0.5, 0.6) is 0 Å². The number of nitrogens with one attached hydrogen (secondary N) is 1. The molecule has 2 rings (SSSR count). The molecule has 2 aliphatic carbocycles. The quantitative estimate of drug-likeness (QED) is 0.807. The van der Waals surface area contributed by atoms with Gasteiger partial charge in [0.05, 0.1) is 6.10 Å². The Kier molecular flexibility index (Phi) is 4.49. The van der Waals surface area contributed by atoms with Gasteiger partial charge in [0.1, 0.15) is 0 Å². The number of carbonyl (C=O) groups is 1. The van der Waals surface area contributed by atoms with Gasteiger partial charge in [-0.3, -0.25) is 0 Å². The molecule has 2 aliphatic rings. The molecule has 2 fully saturated rings. The minimum Gasteiger partial charge on any atom is -0.393 e. The lowest BCUT2D eigenvalue weighted by Crippen LogP contribution is -2.48. The summed E-state index contributed by atoms with van der Waals surface area (Å²) < 4.78 is 0. The topological polar surface area (TPSA) is 52.6 Å². The van der Waals surface area contributed by atoms with Gasteiger partial charge in [-0.25, -0.2) is 4.79 Å². The van der Waals surface area contributed by atoms with Crippen molar-refractivity contribution in [1.29, 1.82) is 0 Å². The number of rotatable bonds is 4. The maximum absolute atomic E-state index is 12.3. The highest BCUT2D eigenvalue weighted by atomic mass is 16.3. The SMILES string of the molecule is CC(C)CN(C(=O)NC1CCC(O)CC1)C1CC1. The number of aliphatic hydroxyl groups excluding tert-OH is 1. The monoisotopic (exact) mass is 254 g/mol. The molecule has 104 valence electrons. The molecule has 0 saturated heterocycles. The fraction of sp³-hybridized carbons (Fsp3) is 0.929. The van der Waals surface area contributed by atoms with Crippen molar-refractivity contribution in [3.63, 3.8) is 0 Å². The van der Waals surface area contributed by atoms with E-state index >= 15 is 0 Å². The summed E-state index contributed by atoms with van der Waals surface area (Å²) in [7, 11) is 0. The smallest absolute Gasteiger partial charge is 0.317 e. The average molecular weight is 254 g/mol. The summed E-state index contributed by atoms with van der Waals surface area (Å²) in [6.45, 7) is 5.16. The minimum atomic E-state index is -0.159. The van der Waals surface area contributed by atoms with Gasteiger partial charge in [-0.15, -0.1) is 0 Å². The summed E-state index contributed by atoms with van der Waals surface area (Å²) in [6.07, 6.45) is 5.61. The van der Waals surface area contributed by atoms with Crippen LogP contribution in [0.4, 0.5) is 4.79 Å². The second-order valence-electron chi connectivity index (χ2n) is 6.23. The Bertz CT molecular complexity index is 282. The summed E-state index contributed by atoms with van der Waals surface area (Å²) in [5.41, 5.74) is 0. The molecule has 0 heterocycles. The standard InChI is InChI=1S/C14H26N2O2/c1-10(2)9-16(12-5-6-12)14(18)15-11-3-7-13(17)8-4-11/h10-13,17H,3-9H2,1-2H3,(H,15,18). The Balaban J connectivity index is 1.81. The van der Waals surface area contributed by atoms with Gasteiger partial charge in [0, 0.05) is 18.6 Å². The highest BCUT2D eigenvalue weighted by Crippen LogP contribution is 2.28. The van der Waals surface area contributed by atoms with Crippen molar-refractivity contribution < 1.29 is 9.90 Å². The molecular formula is C14H26N2O2. The maximum atomic E-state index is 12.3. The van der Waals surface area contributed by atoms with Crippen LogP contribution in [0.3, 0.4) is 0 Å². The third-order valence-electron chi connectivity index (χ3n) is 3.83. The Hall–Kier alpha value is -0.770. The van der Waals surface area contributed by atoms with Crippen molar-refractivity contribution in [2.24, 2.45) is 5.92 Å². The Labute approximate surface area is 110 Å². The molecule has 18 heavy (non-hydrogen) atoms. The van der Waals surface area contributed by atoms with Crippen molar-refractivity contribution in [1.82, 2.24) is 10.2 Å². The first-order valence-corrected chi connectivity index (χ1v) is 7.31. The molecule has 0 bridgehead atoms. The minimum absolute atomic E-state index is 0.104. The van der Waals surface area contributed by atoms with Gasteiger partial charge in [0.25, 0.3) is 0 Å². The number of urea groups is 1. The molecule has 0 aliphatic heterocycles. The Morgan fingerprint density at radius 2 is 1.83 bits per heavy atom. The molecule has 0 spiro atoms. The Morgan fingerprint density at radius 3 is 2.33 bits per heavy atom. The molecule has 0 radical (unpaired) electrons. The lowest BCUT2D eigenvalue weighted by atomic mass is 9.93. The molecule has 4 nitrogen and oxygen atoms in total. The lowest BCUT2D eigenvalue weighted by Gasteiger charge is -2.30. The van der Waals surface area contributed by atoms with Gasteiger partial charge in [0.15, 0.2) is 0 Å². The van der Waals surface area contributed by atoms with E-state index in [-0.39, 0.29) is 18.2 Å². The van der Waals surface area contributed by atoms with Gasteiger partial charge in [0.2, 0.25) is 0 Å². The van der Waals surface area contributed by atoms with Crippen LogP contribution < -0.4 is 5.32 Å². The fourth-order valence-electron chi connectivity index (χ4n) is 2.66. The fourth-order valence-corrected chi connectivity index (χ4v) is 2.66. The largest absolute Gasteiger partial charge is 0.393 e. The summed E-state index contributed by atoms with van der Waals surface area (Å²) in [4.78, 5) is 14.3. The van der Waals surface area contributed by atoms with Crippen LogP contribution in [0.1, 0.15) is 52.4 Å². The third-order valence-corrected chi connectivity index (χ3v) is 3.83. The first-order valence-electron chi connectivity index (χ1n) is 7.31. The van der Waals surface area contributed by atoms with Gasteiger partial charge < -0.3 is 15.3 Å². The van der Waals surface area contributed by atoms with Crippen molar-refractivity contribution >= 4 is 6.03 Å². The zero-order valence-corrected chi connectivity index (χ0v) is 11.6. The maximum Gasteiger partial charge on any atom is 0.317 e. The second-order valence-corrected chi connectivity index (χ2v) is 6.23. The summed E-state index contributed by atoms with van der Waals surface area (Å²) in [6, 6.07) is 0.837. The van der Waals surface area contributed by atoms with Gasteiger partial charge in [-0.2, -0.15) is 0 Å². The number of aliphatic hydroxyl groups is 1. The molecule has 0 aromatic carbocycles. The van der Waals surface area contributed by atoms with Crippen LogP contribution in [-0.4, -0.2) is 40.8 Å². The van der Waals surface area contributed by atoms with E-state index in [4.69, 9.17) is 0 Å². The van der Waals surface area contributed by atoms with Gasteiger partial charge in [-0.05, 0) is 44.4 Å². The van der Waals surface area contributed by atoms with E-state index in [1.807, 2.05) is 4.90 Å². The van der Waals surface area contributed by atoms with Crippen LogP contribution in [-0.2, 0) is 0 Å². The van der Waals surface area contributed by atoms with E-state index in [1.54, 1.807) is 0 Å². The van der Waals surface area contributed by atoms with Gasteiger partial charge >= 0.3 is 6.03 Å². The summed E-state index contributed by atoms with van der Waals surface area (Å²) in [5.74, 6) is 0.518. The second kappa shape index (κ2) is 5.91. The predicted molar refractivity (Wildman–Crippen MR) is 71.4 cm³/mol. The third kappa shape index (κ3) is 3.87. The van der Waals surface area contributed by atoms with E-state index in [0.29, 0.717) is 12.0 Å². The predicted octanol–water partition coefficient (Wildman–Crippen LogP) is 2.12. The van der Waals surface area contributed by atoms with E-state index in [1.165, 1.54) is 0 Å². The number of carbonyl (C=O) groups excluding carboxylic acids is 1. The van der Waals surface area contributed by atoms with E-state index in [2.05, 4.69) is 19.2 Å². The number of hydrogen-bond donors (Lipinski definition) is 2. The van der Waals surface area contributed by atoms with Crippen molar-refractivity contribution in [3.8, 4) is 0 Å². The summed E-state index contributed by atoms with van der Waals surface area (Å²) in [5, 5.41) is 12.6. The van der Waals surface area contributed by atoms with Gasteiger partial charge in [-0.1, -0.05) is 13.8 Å². The van der Waals surface area contributed by atoms with E-state index in [0.717, 1.165) is 45.1 Å². The zero-order chi connectivity index (χ0) is 13.1. The molecule has 0 aromatic rings. The van der Waals surface area contributed by atoms with E-state index in [9.17, 15) is 9.90 Å². The normalized spacial score (nSPS) is 28.2. The number of nitrogens with zero attached hydrogens (tertiary/aromatic N) is 1. The molecule has 0 unspecified atom stereocenters. The summed E-state index contributed by atoms with van der Waals surface area (Å²) >= 11 is 0. The van der Waals surface area contributed by atoms with Crippen molar-refractivity contribution in [2.45, 2.75) is 70.6 Å². The van der Waals surface area contributed by atoms with Crippen LogP contribution in [0.15, 0.2) is 0 Å². The van der Waals surface area contributed by atoms with Crippen LogP contribution in [0, 0.1) is 5.92 Å². The average Bonchev–Trinajstić information content (AvgIpc) is 3.12. The number of amides is 2.